The summed E-state index contributed by atoms with van der Waals surface area (Å²) in [6.07, 6.45) is 1.84. The van der Waals surface area contributed by atoms with Crippen LogP contribution in [0.4, 0.5) is 5.69 Å². The maximum absolute atomic E-state index is 13.1. The normalized spacial score (nSPS) is 18.2. The molecule has 2 aliphatic rings. The quantitative estimate of drug-likeness (QED) is 0.485. The smallest absolute Gasteiger partial charge is 0.266 e. The number of hydrogen-bond donors (Lipinski definition) is 0. The number of benzene rings is 2. The summed E-state index contributed by atoms with van der Waals surface area (Å²) in [6, 6.07) is 12.9. The van der Waals surface area contributed by atoms with Gasteiger partial charge in [0.1, 0.15) is 0 Å². The number of morpholine rings is 1. The molecular formula is C27H31N3O5S. The van der Waals surface area contributed by atoms with Gasteiger partial charge >= 0.3 is 0 Å². The second-order valence-corrected chi connectivity index (χ2v) is 9.09. The van der Waals surface area contributed by atoms with Crippen molar-refractivity contribution in [1.29, 1.82) is 0 Å². The van der Waals surface area contributed by atoms with E-state index in [0.717, 1.165) is 5.56 Å². The Hall–Kier alpha value is -3.30. The monoisotopic (exact) mass is 509 g/mol. The molecule has 9 heteroatoms. The number of ether oxygens (including phenoxy) is 3. The molecule has 0 unspecified atom stereocenters. The summed E-state index contributed by atoms with van der Waals surface area (Å²) in [7, 11) is 0. The SMILES string of the molecule is CCOc1ccc(/C=C2/SC(=Nc3cccc(C(=O)N4CCOCC4)c3)N(CC)C2=O)cc1OCC. The fraction of sp³-hybridized carbons (Fsp3) is 0.370. The first kappa shape index (κ1) is 25.8. The predicted octanol–water partition coefficient (Wildman–Crippen LogP) is 4.58. The molecule has 2 heterocycles. The molecule has 0 aliphatic carbocycles. The third-order valence-corrected chi connectivity index (χ3v) is 6.69. The van der Waals surface area contributed by atoms with Crippen LogP contribution in [0.5, 0.6) is 11.5 Å². The van der Waals surface area contributed by atoms with Gasteiger partial charge in [-0.25, -0.2) is 4.99 Å². The molecule has 2 fully saturated rings. The highest BCUT2D eigenvalue weighted by molar-refractivity contribution is 8.18. The van der Waals surface area contributed by atoms with Gasteiger partial charge in [-0.1, -0.05) is 12.1 Å². The molecule has 0 spiro atoms. The highest BCUT2D eigenvalue weighted by Gasteiger charge is 2.32. The Morgan fingerprint density at radius 1 is 1.06 bits per heavy atom. The maximum atomic E-state index is 13.1. The van der Waals surface area contributed by atoms with Crippen molar-refractivity contribution >= 4 is 40.5 Å². The van der Waals surface area contributed by atoms with E-state index >= 15 is 0 Å². The number of thioether (sulfide) groups is 1. The zero-order chi connectivity index (χ0) is 25.5. The summed E-state index contributed by atoms with van der Waals surface area (Å²) in [4.78, 5) is 34.7. The number of rotatable bonds is 8. The zero-order valence-corrected chi connectivity index (χ0v) is 21.7. The van der Waals surface area contributed by atoms with Crippen molar-refractivity contribution in [3.8, 4) is 11.5 Å². The van der Waals surface area contributed by atoms with Crippen LogP contribution in [-0.4, -0.2) is 72.8 Å². The lowest BCUT2D eigenvalue weighted by Crippen LogP contribution is -2.40. The van der Waals surface area contributed by atoms with Gasteiger partial charge in [-0.2, -0.15) is 0 Å². The van der Waals surface area contributed by atoms with E-state index in [1.165, 1.54) is 11.8 Å². The Kier molecular flexibility index (Phi) is 8.66. The minimum Gasteiger partial charge on any atom is -0.490 e. The standard InChI is InChI=1S/C27H31N3O5S/c1-4-30-26(32)24(17-19-10-11-22(34-5-2)23(16-19)35-6-3)36-27(30)28-21-9-7-8-20(18-21)25(31)29-12-14-33-15-13-29/h7-11,16-18H,4-6,12-15H2,1-3H3/b24-17+,28-27?. The fourth-order valence-corrected chi connectivity index (χ4v) is 5.01. The topological polar surface area (TPSA) is 80.7 Å². The Bertz CT molecular complexity index is 1170. The molecule has 2 aromatic carbocycles. The Morgan fingerprint density at radius 3 is 2.53 bits per heavy atom. The molecule has 2 aromatic rings. The van der Waals surface area contributed by atoms with Gasteiger partial charge in [0.25, 0.3) is 11.8 Å². The molecule has 2 aliphatic heterocycles. The molecule has 190 valence electrons. The molecule has 2 amide bonds. The molecule has 0 saturated carbocycles. The molecule has 2 saturated heterocycles. The number of hydrogen-bond acceptors (Lipinski definition) is 7. The number of amides is 2. The van der Waals surface area contributed by atoms with Crippen LogP contribution in [0.15, 0.2) is 52.4 Å². The van der Waals surface area contributed by atoms with E-state index in [1.807, 2.05) is 57.2 Å². The maximum Gasteiger partial charge on any atom is 0.266 e. The van der Waals surface area contributed by atoms with Crippen molar-refractivity contribution in [2.75, 3.05) is 46.1 Å². The first-order chi connectivity index (χ1) is 17.5. The van der Waals surface area contributed by atoms with Crippen LogP contribution >= 0.6 is 11.8 Å². The van der Waals surface area contributed by atoms with Gasteiger partial charge in [-0.3, -0.25) is 14.5 Å². The van der Waals surface area contributed by atoms with E-state index in [9.17, 15) is 9.59 Å². The van der Waals surface area contributed by atoms with E-state index in [-0.39, 0.29) is 11.8 Å². The number of aliphatic imine (C=N–C) groups is 1. The number of carbonyl (C=O) groups is 2. The van der Waals surface area contributed by atoms with Crippen LogP contribution < -0.4 is 9.47 Å². The Labute approximate surface area is 215 Å². The molecule has 4 rings (SSSR count). The van der Waals surface area contributed by atoms with Crippen molar-refractivity contribution in [1.82, 2.24) is 9.80 Å². The first-order valence-electron chi connectivity index (χ1n) is 12.2. The van der Waals surface area contributed by atoms with Gasteiger partial charge in [-0.15, -0.1) is 0 Å². The van der Waals surface area contributed by atoms with E-state index < -0.39 is 0 Å². The summed E-state index contributed by atoms with van der Waals surface area (Å²) >= 11 is 1.32. The van der Waals surface area contributed by atoms with Crippen LogP contribution in [0.25, 0.3) is 6.08 Å². The van der Waals surface area contributed by atoms with Crippen molar-refractivity contribution in [3.05, 3.63) is 58.5 Å². The van der Waals surface area contributed by atoms with Gasteiger partial charge < -0.3 is 19.1 Å². The molecule has 8 nitrogen and oxygen atoms in total. The lowest BCUT2D eigenvalue weighted by molar-refractivity contribution is -0.122. The van der Waals surface area contributed by atoms with Gasteiger partial charge in [0.15, 0.2) is 16.7 Å². The lowest BCUT2D eigenvalue weighted by atomic mass is 10.1. The van der Waals surface area contributed by atoms with Gasteiger partial charge in [0.2, 0.25) is 0 Å². The predicted molar refractivity (Wildman–Crippen MR) is 142 cm³/mol. The zero-order valence-electron chi connectivity index (χ0n) is 20.9. The third-order valence-electron chi connectivity index (χ3n) is 5.69. The number of amidine groups is 1. The van der Waals surface area contributed by atoms with Crippen LogP contribution in [0.3, 0.4) is 0 Å². The summed E-state index contributed by atoms with van der Waals surface area (Å²) in [5.74, 6) is 1.18. The molecule has 0 bridgehead atoms. The Balaban J connectivity index is 1.58. The number of nitrogens with zero attached hydrogens (tertiary/aromatic N) is 3. The molecular weight excluding hydrogens is 478 g/mol. The average molecular weight is 510 g/mol. The van der Waals surface area contributed by atoms with Crippen molar-refractivity contribution < 1.29 is 23.8 Å². The number of likely N-dealkylation sites (N-methyl/N-ethyl adjacent to an activating group) is 1. The summed E-state index contributed by atoms with van der Waals surface area (Å²) in [6.45, 7) is 9.56. The average Bonchev–Trinajstić information content (AvgIpc) is 3.19. The second kappa shape index (κ2) is 12.1. The summed E-state index contributed by atoms with van der Waals surface area (Å²) in [5.41, 5.74) is 2.04. The van der Waals surface area contributed by atoms with Gasteiger partial charge in [0.05, 0.1) is 37.0 Å². The van der Waals surface area contributed by atoms with Crippen molar-refractivity contribution in [3.63, 3.8) is 0 Å². The highest BCUT2D eigenvalue weighted by atomic mass is 32.2. The van der Waals surface area contributed by atoms with Crippen LogP contribution in [-0.2, 0) is 9.53 Å². The van der Waals surface area contributed by atoms with Gasteiger partial charge in [0, 0.05) is 25.2 Å². The lowest BCUT2D eigenvalue weighted by Gasteiger charge is -2.26. The minimum absolute atomic E-state index is 0.0379. The summed E-state index contributed by atoms with van der Waals surface area (Å²) < 4.78 is 16.7. The summed E-state index contributed by atoms with van der Waals surface area (Å²) in [5, 5.41) is 0.584. The Morgan fingerprint density at radius 2 is 1.81 bits per heavy atom. The van der Waals surface area contributed by atoms with E-state index in [2.05, 4.69) is 0 Å². The van der Waals surface area contributed by atoms with Crippen molar-refractivity contribution in [2.24, 2.45) is 4.99 Å². The van der Waals surface area contributed by atoms with Crippen LogP contribution in [0.2, 0.25) is 0 Å². The van der Waals surface area contributed by atoms with Crippen molar-refractivity contribution in [2.45, 2.75) is 20.8 Å². The fourth-order valence-electron chi connectivity index (χ4n) is 3.95. The minimum atomic E-state index is -0.103. The van der Waals surface area contributed by atoms with Crippen LogP contribution in [0.1, 0.15) is 36.7 Å². The second-order valence-electron chi connectivity index (χ2n) is 8.08. The molecule has 0 N–H and O–H groups in total. The van der Waals surface area contributed by atoms with E-state index in [1.54, 1.807) is 21.9 Å². The van der Waals surface area contributed by atoms with E-state index in [4.69, 9.17) is 19.2 Å². The molecule has 0 aromatic heterocycles. The third kappa shape index (κ3) is 5.91. The highest BCUT2D eigenvalue weighted by Crippen LogP contribution is 2.36. The van der Waals surface area contributed by atoms with Crippen LogP contribution in [0, 0.1) is 0 Å². The largest absolute Gasteiger partial charge is 0.490 e. The number of carbonyl (C=O) groups excluding carboxylic acids is 2. The molecule has 36 heavy (non-hydrogen) atoms. The molecule has 0 atom stereocenters. The first-order valence-corrected chi connectivity index (χ1v) is 13.0. The van der Waals surface area contributed by atoms with E-state index in [0.29, 0.717) is 78.9 Å². The van der Waals surface area contributed by atoms with Gasteiger partial charge in [-0.05, 0) is 74.5 Å². The molecule has 0 radical (unpaired) electrons.